The van der Waals surface area contributed by atoms with Crippen molar-refractivity contribution >= 4 is 23.0 Å². The molecule has 0 saturated heterocycles. The molecule has 0 aromatic rings. The predicted molar refractivity (Wildman–Crippen MR) is 75.2 cm³/mol. The molecule has 0 spiro atoms. The zero-order chi connectivity index (χ0) is 15.7. The third kappa shape index (κ3) is 9.91. The lowest BCUT2D eigenvalue weighted by Crippen LogP contribution is -2.29. The Labute approximate surface area is 122 Å². The van der Waals surface area contributed by atoms with Gasteiger partial charge in [-0.25, -0.2) is 4.21 Å². The number of carbonyl (C=O) groups excluding carboxylic acids is 2. The Morgan fingerprint density at radius 2 is 1.55 bits per heavy atom. The summed E-state index contributed by atoms with van der Waals surface area (Å²) in [5.41, 5.74) is 0. The van der Waals surface area contributed by atoms with E-state index in [1.54, 1.807) is 6.92 Å². The summed E-state index contributed by atoms with van der Waals surface area (Å²) in [5.74, 6) is -0.769. The molecule has 0 heterocycles. The molecular weight excluding hydrogens is 284 g/mol. The molecule has 0 rings (SSSR count). The minimum atomic E-state index is -1.37. The third-order valence-electron chi connectivity index (χ3n) is 2.54. The molecule has 0 radical (unpaired) electrons. The zero-order valence-electron chi connectivity index (χ0n) is 12.7. The van der Waals surface area contributed by atoms with Gasteiger partial charge in [-0.3, -0.25) is 13.8 Å². The molecule has 0 bridgehead atoms. The van der Waals surface area contributed by atoms with Gasteiger partial charge in [-0.05, 0) is 13.3 Å². The van der Waals surface area contributed by atoms with Gasteiger partial charge < -0.3 is 9.47 Å². The number of rotatable bonds is 9. The first-order valence-electron chi connectivity index (χ1n) is 6.59. The van der Waals surface area contributed by atoms with E-state index in [1.165, 1.54) is 20.1 Å². The highest BCUT2D eigenvalue weighted by molar-refractivity contribution is 7.79. The van der Waals surface area contributed by atoms with Crippen LogP contribution in [0.2, 0.25) is 0 Å². The van der Waals surface area contributed by atoms with Crippen LogP contribution in [0.4, 0.5) is 0 Å². The lowest BCUT2D eigenvalue weighted by molar-refractivity contribution is -0.153. The lowest BCUT2D eigenvalue weighted by Gasteiger charge is -2.24. The van der Waals surface area contributed by atoms with E-state index >= 15 is 0 Å². The van der Waals surface area contributed by atoms with Crippen molar-refractivity contribution in [3.8, 4) is 0 Å². The zero-order valence-corrected chi connectivity index (χ0v) is 13.5. The van der Waals surface area contributed by atoms with E-state index in [0.29, 0.717) is 19.3 Å². The summed E-state index contributed by atoms with van der Waals surface area (Å²) in [4.78, 5) is 22.1. The van der Waals surface area contributed by atoms with Crippen LogP contribution >= 0.6 is 0 Å². The summed E-state index contributed by atoms with van der Waals surface area (Å²) in [5, 5.41) is 0. The van der Waals surface area contributed by atoms with Crippen LogP contribution in [0.15, 0.2) is 0 Å². The van der Waals surface area contributed by atoms with E-state index in [-0.39, 0.29) is 18.2 Å². The van der Waals surface area contributed by atoms with Crippen molar-refractivity contribution in [2.24, 2.45) is 0 Å². The van der Waals surface area contributed by atoms with Crippen LogP contribution in [0.3, 0.4) is 0 Å². The van der Waals surface area contributed by atoms with E-state index in [9.17, 15) is 13.8 Å². The maximum atomic E-state index is 11.1. The molecule has 0 fully saturated rings. The Kier molecular flexibility index (Phi) is 9.41. The fourth-order valence-corrected chi connectivity index (χ4v) is 2.44. The molecule has 0 aliphatic carbocycles. The molecule has 6 nitrogen and oxygen atoms in total. The molecular formula is C13H24O6S. The van der Waals surface area contributed by atoms with Crippen LogP contribution in [0.25, 0.3) is 0 Å². The molecule has 4 atom stereocenters. The van der Waals surface area contributed by atoms with Gasteiger partial charge in [0.1, 0.15) is 12.2 Å². The van der Waals surface area contributed by atoms with E-state index in [0.717, 1.165) is 0 Å². The van der Waals surface area contributed by atoms with Gasteiger partial charge in [-0.1, -0.05) is 6.92 Å². The van der Waals surface area contributed by atoms with Gasteiger partial charge in [0.15, 0.2) is 11.1 Å². The number of esters is 2. The first-order chi connectivity index (χ1) is 9.24. The van der Waals surface area contributed by atoms with Crippen LogP contribution in [0.1, 0.15) is 47.0 Å². The van der Waals surface area contributed by atoms with Gasteiger partial charge >= 0.3 is 11.9 Å². The molecule has 118 valence electrons. The van der Waals surface area contributed by atoms with Crippen molar-refractivity contribution in [2.75, 3.05) is 6.26 Å². The van der Waals surface area contributed by atoms with Crippen molar-refractivity contribution < 1.29 is 27.5 Å². The predicted octanol–water partition coefficient (Wildman–Crippen LogP) is 1.74. The average molecular weight is 308 g/mol. The highest BCUT2D eigenvalue weighted by Gasteiger charge is 2.23. The maximum absolute atomic E-state index is 11.1. The largest absolute Gasteiger partial charge is 0.462 e. The van der Waals surface area contributed by atoms with E-state index in [1.807, 2.05) is 6.92 Å². The van der Waals surface area contributed by atoms with Gasteiger partial charge in [0.25, 0.3) is 0 Å². The van der Waals surface area contributed by atoms with Gasteiger partial charge in [0.05, 0.1) is 6.10 Å². The summed E-state index contributed by atoms with van der Waals surface area (Å²) in [6.07, 6.45) is 1.81. The Morgan fingerprint density at radius 3 is 1.95 bits per heavy atom. The lowest BCUT2D eigenvalue weighted by atomic mass is 10.0. The molecule has 0 aromatic carbocycles. The second kappa shape index (κ2) is 9.88. The van der Waals surface area contributed by atoms with Crippen LogP contribution in [0, 0.1) is 0 Å². The molecule has 0 aromatic heterocycles. The molecule has 0 aliphatic heterocycles. The summed E-state index contributed by atoms with van der Waals surface area (Å²) in [7, 11) is 0. The van der Waals surface area contributed by atoms with E-state index < -0.39 is 23.2 Å². The standard InChI is InChI=1S/C13H24O6S/c1-6-12(17-10(3)14)8-13(18-11(4)15)7-9(2)19-20(5)16/h9,12-13H,6-8H2,1-5H3. The van der Waals surface area contributed by atoms with E-state index in [4.69, 9.17) is 13.7 Å². The second-order valence-electron chi connectivity index (χ2n) is 4.65. The monoisotopic (exact) mass is 308 g/mol. The fourth-order valence-electron chi connectivity index (χ4n) is 1.89. The first kappa shape index (κ1) is 19.1. The van der Waals surface area contributed by atoms with Crippen LogP contribution in [-0.4, -0.2) is 40.7 Å². The Bertz CT molecular complexity index is 344. The topological polar surface area (TPSA) is 78.9 Å². The van der Waals surface area contributed by atoms with Crippen molar-refractivity contribution in [3.05, 3.63) is 0 Å². The van der Waals surface area contributed by atoms with Crippen molar-refractivity contribution in [2.45, 2.75) is 65.3 Å². The maximum Gasteiger partial charge on any atom is 0.302 e. The Hall–Kier alpha value is -0.950. The van der Waals surface area contributed by atoms with Gasteiger partial charge in [-0.15, -0.1) is 0 Å². The van der Waals surface area contributed by atoms with Crippen LogP contribution in [-0.2, 0) is 34.3 Å². The van der Waals surface area contributed by atoms with E-state index in [2.05, 4.69) is 0 Å². The summed E-state index contributed by atoms with van der Waals surface area (Å²) >= 11 is -1.37. The second-order valence-corrected chi connectivity index (χ2v) is 5.65. The molecule has 0 saturated carbocycles. The highest BCUT2D eigenvalue weighted by Crippen LogP contribution is 2.17. The Balaban J connectivity index is 4.56. The van der Waals surface area contributed by atoms with Crippen molar-refractivity contribution in [1.82, 2.24) is 0 Å². The van der Waals surface area contributed by atoms with Gasteiger partial charge in [-0.2, -0.15) is 0 Å². The molecule has 0 amide bonds. The van der Waals surface area contributed by atoms with Crippen LogP contribution < -0.4 is 0 Å². The summed E-state index contributed by atoms with van der Waals surface area (Å²) in [6, 6.07) is 0. The quantitative estimate of drug-likeness (QED) is 0.604. The fraction of sp³-hybridized carbons (Fsp3) is 0.846. The molecule has 0 N–H and O–H groups in total. The molecule has 20 heavy (non-hydrogen) atoms. The van der Waals surface area contributed by atoms with Gasteiger partial charge in [0, 0.05) is 32.9 Å². The van der Waals surface area contributed by atoms with Crippen molar-refractivity contribution in [1.29, 1.82) is 0 Å². The molecule has 7 heteroatoms. The minimum absolute atomic E-state index is 0.309. The number of hydrogen-bond donors (Lipinski definition) is 0. The minimum Gasteiger partial charge on any atom is -0.462 e. The number of hydrogen-bond acceptors (Lipinski definition) is 6. The Morgan fingerprint density at radius 1 is 1.05 bits per heavy atom. The average Bonchev–Trinajstić information content (AvgIpc) is 2.24. The number of ether oxygens (including phenoxy) is 2. The van der Waals surface area contributed by atoms with Crippen molar-refractivity contribution in [3.63, 3.8) is 0 Å². The summed E-state index contributed by atoms with van der Waals surface area (Å²) < 4.78 is 26.5. The first-order valence-corrected chi connectivity index (χ1v) is 8.07. The number of carbonyl (C=O) groups is 2. The van der Waals surface area contributed by atoms with Gasteiger partial charge in [0.2, 0.25) is 0 Å². The highest BCUT2D eigenvalue weighted by atomic mass is 32.2. The smallest absolute Gasteiger partial charge is 0.302 e. The normalized spacial score (nSPS) is 16.9. The molecule has 0 aliphatic rings. The summed E-state index contributed by atoms with van der Waals surface area (Å²) in [6.45, 7) is 6.31. The van der Waals surface area contributed by atoms with Crippen LogP contribution in [0.5, 0.6) is 0 Å². The SMILES string of the molecule is CCC(CC(CC(C)OS(C)=O)OC(C)=O)OC(C)=O. The molecule has 4 unspecified atom stereocenters. The third-order valence-corrected chi connectivity index (χ3v) is 3.14.